The summed E-state index contributed by atoms with van der Waals surface area (Å²) in [4.78, 5) is 34.8. The van der Waals surface area contributed by atoms with Crippen LogP contribution in [0.5, 0.6) is 6.01 Å². The van der Waals surface area contributed by atoms with Gasteiger partial charge in [-0.25, -0.2) is 0 Å². The third kappa shape index (κ3) is 7.13. The molecule has 3 fully saturated rings. The van der Waals surface area contributed by atoms with Crippen LogP contribution in [0.25, 0.3) is 10.8 Å². The Morgan fingerprint density at radius 1 is 0.958 bits per heavy atom. The Kier molecular flexibility index (Phi) is 10.1. The Morgan fingerprint density at radius 2 is 1.81 bits per heavy atom. The van der Waals surface area contributed by atoms with E-state index in [1.54, 1.807) is 6.08 Å². The largest absolute Gasteiger partial charge is 0.462 e. The van der Waals surface area contributed by atoms with Gasteiger partial charge in [-0.3, -0.25) is 9.69 Å². The number of nitrogens with zero attached hydrogens (tertiary/aromatic N) is 8. The molecule has 4 aliphatic rings. The zero-order chi connectivity index (χ0) is 32.9. The van der Waals surface area contributed by atoms with E-state index in [2.05, 4.69) is 75.2 Å². The highest BCUT2D eigenvalue weighted by Crippen LogP contribution is 2.35. The van der Waals surface area contributed by atoms with Crippen molar-refractivity contribution in [3.63, 3.8) is 0 Å². The van der Waals surface area contributed by atoms with Crippen LogP contribution in [0, 0.1) is 11.3 Å². The van der Waals surface area contributed by atoms with Crippen molar-refractivity contribution in [1.29, 1.82) is 5.26 Å². The molecule has 10 nitrogen and oxygen atoms in total. The Labute approximate surface area is 284 Å². The summed E-state index contributed by atoms with van der Waals surface area (Å²) >= 11 is 0. The molecule has 0 aliphatic carbocycles. The molecule has 3 aromatic rings. The van der Waals surface area contributed by atoms with Gasteiger partial charge in [-0.05, 0) is 70.2 Å². The molecule has 0 saturated carbocycles. The Morgan fingerprint density at radius 3 is 2.65 bits per heavy atom. The van der Waals surface area contributed by atoms with E-state index in [1.165, 1.54) is 42.1 Å². The number of ether oxygens (including phenoxy) is 1. The van der Waals surface area contributed by atoms with Gasteiger partial charge in [0.1, 0.15) is 12.4 Å². The SMILES string of the molecule is CN1CCCC1COc1nc2c(c(N3CCN(C(=O)/C=C/CN4CCCCC4)[C@@H](CC#N)C3)n1)CCN(c1cccc3ccccc13)C2. The highest BCUT2D eigenvalue weighted by Gasteiger charge is 2.34. The molecule has 2 aromatic carbocycles. The highest BCUT2D eigenvalue weighted by molar-refractivity contribution is 5.94. The first-order valence-corrected chi connectivity index (χ1v) is 17.8. The van der Waals surface area contributed by atoms with Crippen molar-refractivity contribution in [1.82, 2.24) is 24.7 Å². The lowest BCUT2D eigenvalue weighted by Crippen LogP contribution is -2.55. The molecule has 0 bridgehead atoms. The van der Waals surface area contributed by atoms with Gasteiger partial charge in [-0.2, -0.15) is 15.2 Å². The van der Waals surface area contributed by atoms with E-state index in [1.807, 2.05) is 11.0 Å². The van der Waals surface area contributed by atoms with Crippen molar-refractivity contribution in [3.8, 4) is 12.1 Å². The van der Waals surface area contributed by atoms with Crippen LogP contribution in [0.1, 0.15) is 49.8 Å². The Hall–Kier alpha value is -4.20. The minimum Gasteiger partial charge on any atom is -0.462 e. The quantitative estimate of drug-likeness (QED) is 0.308. The lowest BCUT2D eigenvalue weighted by atomic mass is 10.0. The predicted octanol–water partition coefficient (Wildman–Crippen LogP) is 4.64. The number of anilines is 2. The van der Waals surface area contributed by atoms with Crippen molar-refractivity contribution >= 4 is 28.2 Å². The Bertz CT molecular complexity index is 1660. The lowest BCUT2D eigenvalue weighted by molar-refractivity contribution is -0.128. The molecule has 1 aromatic heterocycles. The smallest absolute Gasteiger partial charge is 0.318 e. The third-order valence-electron chi connectivity index (χ3n) is 10.7. The van der Waals surface area contributed by atoms with E-state index in [4.69, 9.17) is 14.7 Å². The van der Waals surface area contributed by atoms with Crippen molar-refractivity contribution in [3.05, 3.63) is 65.9 Å². The van der Waals surface area contributed by atoms with Crippen molar-refractivity contribution in [2.24, 2.45) is 0 Å². The van der Waals surface area contributed by atoms with Gasteiger partial charge in [0, 0.05) is 61.5 Å². The van der Waals surface area contributed by atoms with E-state index in [0.717, 1.165) is 62.6 Å². The molecular formula is C38H48N8O2. The highest BCUT2D eigenvalue weighted by atomic mass is 16.5. The number of rotatable bonds is 9. The molecule has 0 radical (unpaired) electrons. The minimum absolute atomic E-state index is 0.00735. The van der Waals surface area contributed by atoms with Gasteiger partial charge in [-0.1, -0.05) is 48.9 Å². The maximum absolute atomic E-state index is 13.4. The van der Waals surface area contributed by atoms with Crippen LogP contribution in [0.2, 0.25) is 0 Å². The average molecular weight is 649 g/mol. The predicted molar refractivity (Wildman–Crippen MR) is 189 cm³/mol. The number of nitriles is 1. The number of benzene rings is 2. The molecule has 5 heterocycles. The standard InChI is InChI=1S/C38H48N8O2/c1-42-19-8-12-31(42)28-48-38-40-34-27-44(35-14-7-11-29-10-3-4-13-32(29)35)23-17-33(34)37(41-38)45-24-25-46(30(26-45)16-18-39)36(47)15-9-22-43-20-5-2-6-21-43/h3-4,7,9-11,13-15,30-31H,2,5-6,8,12,16-17,19-28H2,1H3/b15-9+/t30-,31?/m0/s1. The molecule has 3 saturated heterocycles. The van der Waals surface area contributed by atoms with Crippen LogP contribution in [0.3, 0.4) is 0 Å². The minimum atomic E-state index is -0.214. The molecule has 48 heavy (non-hydrogen) atoms. The summed E-state index contributed by atoms with van der Waals surface area (Å²) in [6, 6.07) is 17.9. The first-order chi connectivity index (χ1) is 23.6. The molecule has 4 aliphatic heterocycles. The normalized spacial score (nSPS) is 22.3. The monoisotopic (exact) mass is 648 g/mol. The number of piperidine rings is 1. The Balaban J connectivity index is 1.13. The van der Waals surface area contributed by atoms with Crippen LogP contribution < -0.4 is 14.5 Å². The second-order valence-electron chi connectivity index (χ2n) is 13.8. The number of hydrogen-bond acceptors (Lipinski definition) is 9. The molecule has 7 rings (SSSR count). The summed E-state index contributed by atoms with van der Waals surface area (Å²) in [5, 5.41) is 12.2. The third-order valence-corrected chi connectivity index (χ3v) is 10.7. The zero-order valence-corrected chi connectivity index (χ0v) is 28.3. The maximum atomic E-state index is 13.4. The van der Waals surface area contributed by atoms with Crippen LogP contribution in [-0.2, 0) is 17.8 Å². The fraction of sp³-hybridized carbons (Fsp3) is 0.526. The molecular weight excluding hydrogens is 600 g/mol. The van der Waals surface area contributed by atoms with Crippen LogP contribution in [-0.4, -0.2) is 109 Å². The van der Waals surface area contributed by atoms with E-state index in [9.17, 15) is 10.1 Å². The summed E-state index contributed by atoms with van der Waals surface area (Å²) in [7, 11) is 2.15. The fourth-order valence-corrected chi connectivity index (χ4v) is 7.92. The molecule has 1 amide bonds. The van der Waals surface area contributed by atoms with Crippen LogP contribution in [0.15, 0.2) is 54.6 Å². The van der Waals surface area contributed by atoms with Gasteiger partial charge in [0.25, 0.3) is 0 Å². The number of piperazine rings is 1. The van der Waals surface area contributed by atoms with E-state index >= 15 is 0 Å². The fourth-order valence-electron chi connectivity index (χ4n) is 7.92. The second kappa shape index (κ2) is 14.9. The molecule has 0 spiro atoms. The van der Waals surface area contributed by atoms with Gasteiger partial charge >= 0.3 is 6.01 Å². The van der Waals surface area contributed by atoms with Gasteiger partial charge in [0.15, 0.2) is 0 Å². The number of hydrogen-bond donors (Lipinski definition) is 0. The number of carbonyl (C=O) groups excluding carboxylic acids is 1. The van der Waals surface area contributed by atoms with Gasteiger partial charge in [-0.15, -0.1) is 0 Å². The first-order valence-electron chi connectivity index (χ1n) is 17.8. The lowest BCUT2D eigenvalue weighted by Gasteiger charge is -2.42. The van der Waals surface area contributed by atoms with E-state index in [-0.39, 0.29) is 18.4 Å². The first kappa shape index (κ1) is 32.4. The molecule has 2 atom stereocenters. The summed E-state index contributed by atoms with van der Waals surface area (Å²) in [6.45, 7) is 7.91. The summed E-state index contributed by atoms with van der Waals surface area (Å²) in [5.41, 5.74) is 3.35. The van der Waals surface area contributed by atoms with Crippen LogP contribution in [0.4, 0.5) is 11.5 Å². The van der Waals surface area contributed by atoms with Gasteiger partial charge in [0.05, 0.1) is 30.8 Å². The van der Waals surface area contributed by atoms with Gasteiger partial charge < -0.3 is 24.3 Å². The van der Waals surface area contributed by atoms with Crippen molar-refractivity contribution in [2.75, 3.05) is 75.8 Å². The summed E-state index contributed by atoms with van der Waals surface area (Å²) in [6.07, 6.45) is 10.8. The molecule has 1 unspecified atom stereocenters. The molecule has 10 heteroatoms. The average Bonchev–Trinajstić information content (AvgIpc) is 3.54. The number of fused-ring (bicyclic) bond motifs is 2. The molecule has 252 valence electrons. The van der Waals surface area contributed by atoms with E-state index < -0.39 is 0 Å². The zero-order valence-electron chi connectivity index (χ0n) is 28.3. The van der Waals surface area contributed by atoms with Crippen LogP contribution >= 0.6 is 0 Å². The summed E-state index contributed by atoms with van der Waals surface area (Å²) < 4.78 is 6.36. The van der Waals surface area contributed by atoms with Crippen molar-refractivity contribution in [2.45, 2.75) is 63.6 Å². The molecule has 0 N–H and O–H groups in total. The number of aromatic nitrogens is 2. The second-order valence-corrected chi connectivity index (χ2v) is 13.8. The van der Waals surface area contributed by atoms with Crippen molar-refractivity contribution < 1.29 is 9.53 Å². The number of amides is 1. The topological polar surface area (TPSA) is 92.1 Å². The maximum Gasteiger partial charge on any atom is 0.318 e. The van der Waals surface area contributed by atoms with E-state index in [0.29, 0.717) is 44.8 Å². The van der Waals surface area contributed by atoms with Gasteiger partial charge in [0.2, 0.25) is 5.91 Å². The number of likely N-dealkylation sites (N-methyl/N-ethyl adjacent to an activating group) is 1. The number of carbonyl (C=O) groups is 1. The summed E-state index contributed by atoms with van der Waals surface area (Å²) in [5.74, 6) is 0.884. The number of likely N-dealkylation sites (tertiary alicyclic amines) is 2.